The first kappa shape index (κ1) is 19.1. The number of benzene rings is 1. The van der Waals surface area contributed by atoms with E-state index in [0.29, 0.717) is 4.34 Å². The van der Waals surface area contributed by atoms with Gasteiger partial charge in [-0.1, -0.05) is 30.1 Å². The van der Waals surface area contributed by atoms with Gasteiger partial charge >= 0.3 is 0 Å². The largest absolute Gasteiger partial charge is 0.275 e. The predicted octanol–water partition coefficient (Wildman–Crippen LogP) is 4.48. The molecule has 0 unspecified atom stereocenters. The van der Waals surface area contributed by atoms with Crippen LogP contribution in [0.4, 0.5) is 5.69 Å². The van der Waals surface area contributed by atoms with Gasteiger partial charge in [-0.15, -0.1) is 11.3 Å². The summed E-state index contributed by atoms with van der Waals surface area (Å²) in [6.45, 7) is 3.51. The lowest BCUT2D eigenvalue weighted by molar-refractivity contribution is -0.385. The van der Waals surface area contributed by atoms with Gasteiger partial charge in [0.25, 0.3) is 5.69 Å². The SMILES string of the molecule is CCN(Cc1ccc(Cl)s1)S(=O)(=O)c1cc(Cl)c(C)c([N+](=O)[O-])c1. The second-order valence-corrected chi connectivity index (χ2v) is 9.09. The zero-order chi connectivity index (χ0) is 18.1. The summed E-state index contributed by atoms with van der Waals surface area (Å²) in [6, 6.07) is 5.72. The fraction of sp³-hybridized carbons (Fsp3) is 0.286. The Hall–Kier alpha value is -1.19. The molecule has 0 aliphatic carbocycles. The summed E-state index contributed by atoms with van der Waals surface area (Å²) in [5.74, 6) is 0. The van der Waals surface area contributed by atoms with Crippen molar-refractivity contribution in [1.29, 1.82) is 0 Å². The highest BCUT2D eigenvalue weighted by Crippen LogP contribution is 2.32. The number of nitro groups is 1. The number of sulfonamides is 1. The lowest BCUT2D eigenvalue weighted by atomic mass is 10.2. The van der Waals surface area contributed by atoms with Crippen molar-refractivity contribution >= 4 is 50.2 Å². The Bertz CT molecular complexity index is 881. The fourth-order valence-electron chi connectivity index (χ4n) is 2.11. The lowest BCUT2D eigenvalue weighted by Crippen LogP contribution is -2.30. The van der Waals surface area contributed by atoms with Crippen LogP contribution in [0.5, 0.6) is 0 Å². The van der Waals surface area contributed by atoms with Crippen LogP contribution in [0, 0.1) is 17.0 Å². The van der Waals surface area contributed by atoms with Gasteiger partial charge in [0.15, 0.2) is 0 Å². The second kappa shape index (κ2) is 7.37. The molecule has 1 aromatic carbocycles. The van der Waals surface area contributed by atoms with Gasteiger partial charge in [-0.3, -0.25) is 10.1 Å². The standard InChI is InChI=1S/C14H14Cl2N2O4S2/c1-3-17(8-10-4-5-14(16)23-10)24(21,22)11-6-12(15)9(2)13(7-11)18(19)20/h4-7H,3,8H2,1-2H3. The molecule has 130 valence electrons. The van der Waals surface area contributed by atoms with E-state index in [9.17, 15) is 18.5 Å². The van der Waals surface area contributed by atoms with Gasteiger partial charge in [-0.05, 0) is 25.1 Å². The van der Waals surface area contributed by atoms with Crippen molar-refractivity contribution in [3.63, 3.8) is 0 Å². The van der Waals surface area contributed by atoms with Gasteiger partial charge in [0.1, 0.15) is 0 Å². The van der Waals surface area contributed by atoms with Crippen LogP contribution in [0.3, 0.4) is 0 Å². The van der Waals surface area contributed by atoms with E-state index in [-0.39, 0.29) is 34.3 Å². The number of hydrogen-bond acceptors (Lipinski definition) is 5. The number of rotatable bonds is 6. The molecule has 2 aromatic rings. The highest BCUT2D eigenvalue weighted by atomic mass is 35.5. The molecule has 2 rings (SSSR count). The van der Waals surface area contributed by atoms with Crippen LogP contribution in [-0.2, 0) is 16.6 Å². The minimum absolute atomic E-state index is 0.0398. The fourth-order valence-corrected chi connectivity index (χ4v) is 5.04. The van der Waals surface area contributed by atoms with E-state index in [4.69, 9.17) is 23.2 Å². The summed E-state index contributed by atoms with van der Waals surface area (Å²) < 4.78 is 27.4. The molecule has 10 heteroatoms. The summed E-state index contributed by atoms with van der Waals surface area (Å²) in [6.07, 6.45) is 0. The molecular weight excluding hydrogens is 395 g/mol. The maximum Gasteiger partial charge on any atom is 0.275 e. The van der Waals surface area contributed by atoms with E-state index in [1.54, 1.807) is 19.1 Å². The summed E-state index contributed by atoms with van der Waals surface area (Å²) in [4.78, 5) is 11.0. The normalized spacial score (nSPS) is 11.9. The van der Waals surface area contributed by atoms with E-state index in [2.05, 4.69) is 0 Å². The van der Waals surface area contributed by atoms with Crippen molar-refractivity contribution in [2.45, 2.75) is 25.3 Å². The molecule has 0 amide bonds. The van der Waals surface area contributed by atoms with Crippen LogP contribution in [0.15, 0.2) is 29.2 Å². The van der Waals surface area contributed by atoms with Gasteiger partial charge in [-0.2, -0.15) is 4.31 Å². The molecule has 1 heterocycles. The van der Waals surface area contributed by atoms with Crippen molar-refractivity contribution in [3.8, 4) is 0 Å². The molecule has 0 spiro atoms. The zero-order valence-electron chi connectivity index (χ0n) is 12.8. The highest BCUT2D eigenvalue weighted by Gasteiger charge is 2.27. The molecule has 0 aliphatic rings. The zero-order valence-corrected chi connectivity index (χ0v) is 16.0. The first-order valence-corrected chi connectivity index (χ1v) is 9.87. The van der Waals surface area contributed by atoms with Crippen LogP contribution in [-0.4, -0.2) is 24.2 Å². The third kappa shape index (κ3) is 3.89. The summed E-state index contributed by atoms with van der Waals surface area (Å²) in [7, 11) is -3.93. The lowest BCUT2D eigenvalue weighted by Gasteiger charge is -2.20. The smallest absolute Gasteiger partial charge is 0.258 e. The average Bonchev–Trinajstić information content (AvgIpc) is 2.92. The summed E-state index contributed by atoms with van der Waals surface area (Å²) >= 11 is 13.1. The molecule has 0 radical (unpaired) electrons. The Labute approximate surface area is 153 Å². The highest BCUT2D eigenvalue weighted by molar-refractivity contribution is 7.89. The Morgan fingerprint density at radius 1 is 1.29 bits per heavy atom. The summed E-state index contributed by atoms with van der Waals surface area (Å²) in [5, 5.41) is 11.2. The predicted molar refractivity (Wildman–Crippen MR) is 95.4 cm³/mol. The molecule has 0 aliphatic heterocycles. The monoisotopic (exact) mass is 408 g/mol. The van der Waals surface area contributed by atoms with Crippen LogP contribution in [0.25, 0.3) is 0 Å². The van der Waals surface area contributed by atoms with Crippen molar-refractivity contribution in [2.75, 3.05) is 6.54 Å². The van der Waals surface area contributed by atoms with Crippen LogP contribution in [0.2, 0.25) is 9.36 Å². The van der Waals surface area contributed by atoms with E-state index in [1.165, 1.54) is 28.6 Å². The van der Waals surface area contributed by atoms with Crippen molar-refractivity contribution in [2.24, 2.45) is 0 Å². The molecule has 0 saturated heterocycles. The van der Waals surface area contributed by atoms with Gasteiger partial charge in [0.2, 0.25) is 10.0 Å². The average molecular weight is 409 g/mol. The molecule has 0 saturated carbocycles. The minimum Gasteiger partial charge on any atom is -0.258 e. The van der Waals surface area contributed by atoms with Crippen molar-refractivity contribution < 1.29 is 13.3 Å². The van der Waals surface area contributed by atoms with Crippen LogP contribution < -0.4 is 0 Å². The first-order chi connectivity index (χ1) is 11.2. The summed E-state index contributed by atoms with van der Waals surface area (Å²) in [5.41, 5.74) is -0.0926. The van der Waals surface area contributed by atoms with Crippen molar-refractivity contribution in [3.05, 3.63) is 54.2 Å². The third-order valence-corrected chi connectivity index (χ3v) is 6.95. The Balaban J connectivity index is 2.46. The molecule has 0 bridgehead atoms. The van der Waals surface area contributed by atoms with Crippen LogP contribution in [0.1, 0.15) is 17.4 Å². The van der Waals surface area contributed by atoms with E-state index >= 15 is 0 Å². The number of hydrogen-bond donors (Lipinski definition) is 0. The van der Waals surface area contributed by atoms with Gasteiger partial charge in [0, 0.05) is 29.6 Å². The molecule has 6 nitrogen and oxygen atoms in total. The molecule has 1 aromatic heterocycles. The van der Waals surface area contributed by atoms with Crippen molar-refractivity contribution in [1.82, 2.24) is 4.31 Å². The first-order valence-electron chi connectivity index (χ1n) is 6.85. The number of halogens is 2. The maximum atomic E-state index is 12.8. The van der Waals surface area contributed by atoms with E-state index < -0.39 is 14.9 Å². The van der Waals surface area contributed by atoms with Gasteiger partial charge in [0.05, 0.1) is 19.2 Å². The van der Waals surface area contributed by atoms with Gasteiger partial charge < -0.3 is 0 Å². The van der Waals surface area contributed by atoms with E-state index in [0.717, 1.165) is 10.9 Å². The maximum absolute atomic E-state index is 12.8. The molecule has 0 fully saturated rings. The Kier molecular flexibility index (Phi) is 5.87. The quantitative estimate of drug-likeness (QED) is 0.520. The van der Waals surface area contributed by atoms with Crippen LogP contribution >= 0.6 is 34.5 Å². The topological polar surface area (TPSA) is 80.5 Å². The number of nitrogens with zero attached hydrogens (tertiary/aromatic N) is 2. The van der Waals surface area contributed by atoms with E-state index in [1.807, 2.05) is 0 Å². The second-order valence-electron chi connectivity index (χ2n) is 4.94. The van der Waals surface area contributed by atoms with Gasteiger partial charge in [-0.25, -0.2) is 8.42 Å². The molecule has 0 atom stereocenters. The molecule has 0 N–H and O–H groups in total. The molecule has 24 heavy (non-hydrogen) atoms. The minimum atomic E-state index is -3.93. The third-order valence-electron chi connectivity index (χ3n) is 3.44. The number of nitro benzene ring substituents is 1. The Morgan fingerprint density at radius 3 is 2.46 bits per heavy atom. The molecular formula is C14H14Cl2N2O4S2. The number of thiophene rings is 1. The Morgan fingerprint density at radius 2 is 1.96 bits per heavy atom.